The van der Waals surface area contributed by atoms with Gasteiger partial charge in [-0.15, -0.1) is 0 Å². The van der Waals surface area contributed by atoms with E-state index >= 15 is 0 Å². The van der Waals surface area contributed by atoms with Crippen molar-refractivity contribution in [1.29, 1.82) is 0 Å². The molecule has 27 heavy (non-hydrogen) atoms. The number of nitrogens with one attached hydrogen (secondary N) is 2. The van der Waals surface area contributed by atoms with E-state index in [-0.39, 0.29) is 28.9 Å². The number of thioether (sulfide) groups is 1. The molecule has 1 amide bonds. The minimum Gasteiger partial charge on any atom is -0.469 e. The number of hydrogen-bond donors (Lipinski definition) is 2. The summed E-state index contributed by atoms with van der Waals surface area (Å²) in [6, 6.07) is 7.41. The number of nitrogens with zero attached hydrogens (tertiary/aromatic N) is 1. The Labute approximate surface area is 158 Å². The van der Waals surface area contributed by atoms with E-state index in [0.29, 0.717) is 11.3 Å². The highest BCUT2D eigenvalue weighted by Gasteiger charge is 2.10. The Morgan fingerprint density at radius 2 is 1.85 bits per heavy atom. The number of hydrogen-bond acceptors (Lipinski definition) is 8. The second kappa shape index (κ2) is 9.53. The number of anilines is 1. The van der Waals surface area contributed by atoms with Gasteiger partial charge < -0.3 is 19.8 Å². The Bertz CT molecular complexity index is 894. The number of benzene rings is 1. The maximum absolute atomic E-state index is 12.0. The van der Waals surface area contributed by atoms with Crippen molar-refractivity contribution in [2.75, 3.05) is 25.3 Å². The lowest BCUT2D eigenvalue weighted by Crippen LogP contribution is -2.17. The zero-order valence-corrected chi connectivity index (χ0v) is 15.4. The Morgan fingerprint density at radius 1 is 1.15 bits per heavy atom. The van der Waals surface area contributed by atoms with E-state index in [1.165, 1.54) is 32.4 Å². The largest absolute Gasteiger partial charge is 0.469 e. The van der Waals surface area contributed by atoms with Crippen molar-refractivity contribution in [3.8, 4) is 0 Å². The topological polar surface area (TPSA) is 127 Å². The van der Waals surface area contributed by atoms with Gasteiger partial charge in [-0.1, -0.05) is 11.8 Å². The summed E-state index contributed by atoms with van der Waals surface area (Å²) in [4.78, 5) is 52.9. The van der Waals surface area contributed by atoms with Crippen molar-refractivity contribution in [1.82, 2.24) is 9.97 Å². The molecule has 0 saturated heterocycles. The highest BCUT2D eigenvalue weighted by atomic mass is 32.2. The summed E-state index contributed by atoms with van der Waals surface area (Å²) in [5.41, 5.74) is 0.709. The van der Waals surface area contributed by atoms with Crippen LogP contribution in [0.1, 0.15) is 16.1 Å². The quantitative estimate of drug-likeness (QED) is 0.407. The van der Waals surface area contributed by atoms with Gasteiger partial charge in [-0.2, -0.15) is 0 Å². The van der Waals surface area contributed by atoms with E-state index in [9.17, 15) is 19.2 Å². The van der Waals surface area contributed by atoms with Crippen LogP contribution in [0.4, 0.5) is 5.69 Å². The molecule has 2 N–H and O–H groups in total. The molecule has 0 aliphatic heterocycles. The molecule has 1 aromatic carbocycles. The fourth-order valence-corrected chi connectivity index (χ4v) is 2.70. The van der Waals surface area contributed by atoms with Crippen LogP contribution in [0.5, 0.6) is 0 Å². The molecular weight excluding hydrogens is 374 g/mol. The minimum absolute atomic E-state index is 0.0105. The van der Waals surface area contributed by atoms with Crippen LogP contribution < -0.4 is 10.9 Å². The molecule has 0 fully saturated rings. The standard InChI is InChI=1S/C17H17N3O6S/c1-25-15(23)8-12-7-13(21)20-17(19-12)27-9-14(22)18-11-5-3-10(4-6-11)16(24)26-2/h3-7H,8-9H2,1-2H3,(H,18,22)(H,19,20,21). The summed E-state index contributed by atoms with van der Waals surface area (Å²) in [6.07, 6.45) is -0.132. The average Bonchev–Trinajstić information content (AvgIpc) is 2.65. The number of ether oxygens (including phenoxy) is 2. The Kier molecular flexibility index (Phi) is 7.12. The molecule has 0 spiro atoms. The van der Waals surface area contributed by atoms with Crippen molar-refractivity contribution in [2.24, 2.45) is 0 Å². The number of methoxy groups -OCH3 is 2. The van der Waals surface area contributed by atoms with Crippen LogP contribution >= 0.6 is 11.8 Å². The number of aromatic nitrogens is 2. The number of carbonyl (C=O) groups is 3. The van der Waals surface area contributed by atoms with Gasteiger partial charge in [0.2, 0.25) is 5.91 Å². The third-order valence-corrected chi connectivity index (χ3v) is 4.13. The maximum atomic E-state index is 12.0. The molecule has 0 aliphatic carbocycles. The number of amides is 1. The molecule has 142 valence electrons. The lowest BCUT2D eigenvalue weighted by Gasteiger charge is -2.06. The van der Waals surface area contributed by atoms with Crippen LogP contribution in [-0.2, 0) is 25.5 Å². The van der Waals surface area contributed by atoms with Crippen LogP contribution in [0.2, 0.25) is 0 Å². The van der Waals surface area contributed by atoms with Gasteiger partial charge in [0.25, 0.3) is 5.56 Å². The maximum Gasteiger partial charge on any atom is 0.337 e. The second-order valence-corrected chi connectivity index (χ2v) is 6.16. The molecule has 0 atom stereocenters. The molecule has 0 unspecified atom stereocenters. The highest BCUT2D eigenvalue weighted by Crippen LogP contribution is 2.14. The summed E-state index contributed by atoms with van der Waals surface area (Å²) < 4.78 is 9.14. The van der Waals surface area contributed by atoms with Crippen molar-refractivity contribution < 1.29 is 23.9 Å². The summed E-state index contributed by atoms with van der Waals surface area (Å²) >= 11 is 1.02. The van der Waals surface area contributed by atoms with E-state index in [0.717, 1.165) is 11.8 Å². The predicted octanol–water partition coefficient (Wildman–Crippen LogP) is 1.00. The first-order valence-electron chi connectivity index (χ1n) is 7.69. The Hall–Kier alpha value is -3.14. The molecule has 0 aliphatic rings. The molecule has 9 nitrogen and oxygen atoms in total. The van der Waals surface area contributed by atoms with E-state index in [1.807, 2.05) is 0 Å². The van der Waals surface area contributed by atoms with Crippen molar-refractivity contribution >= 4 is 35.3 Å². The lowest BCUT2D eigenvalue weighted by molar-refractivity contribution is -0.139. The fourth-order valence-electron chi connectivity index (χ4n) is 2.00. The van der Waals surface area contributed by atoms with Gasteiger partial charge in [0.05, 0.1) is 37.7 Å². The smallest absolute Gasteiger partial charge is 0.337 e. The van der Waals surface area contributed by atoms with Crippen LogP contribution in [0.3, 0.4) is 0 Å². The first-order valence-corrected chi connectivity index (χ1v) is 8.68. The zero-order chi connectivity index (χ0) is 19.8. The van der Waals surface area contributed by atoms with Crippen LogP contribution in [0.25, 0.3) is 0 Å². The Morgan fingerprint density at radius 3 is 2.48 bits per heavy atom. The molecule has 2 aromatic rings. The summed E-state index contributed by atoms with van der Waals surface area (Å²) in [5.74, 6) is -1.32. The van der Waals surface area contributed by atoms with Crippen LogP contribution in [-0.4, -0.2) is 47.8 Å². The number of carbonyl (C=O) groups excluding carboxylic acids is 3. The Balaban J connectivity index is 1.94. The second-order valence-electron chi connectivity index (χ2n) is 5.20. The third kappa shape index (κ3) is 6.26. The van der Waals surface area contributed by atoms with Crippen molar-refractivity contribution in [3.05, 3.63) is 51.9 Å². The van der Waals surface area contributed by atoms with Gasteiger partial charge in [0.15, 0.2) is 5.16 Å². The van der Waals surface area contributed by atoms with Gasteiger partial charge >= 0.3 is 11.9 Å². The minimum atomic E-state index is -0.516. The van der Waals surface area contributed by atoms with Gasteiger partial charge in [-0.05, 0) is 24.3 Å². The lowest BCUT2D eigenvalue weighted by atomic mass is 10.2. The van der Waals surface area contributed by atoms with Gasteiger partial charge in [0.1, 0.15) is 0 Å². The van der Waals surface area contributed by atoms with Gasteiger partial charge in [0, 0.05) is 11.8 Å². The van der Waals surface area contributed by atoms with E-state index < -0.39 is 17.5 Å². The third-order valence-electron chi connectivity index (χ3n) is 3.26. The number of rotatable bonds is 7. The molecule has 0 radical (unpaired) electrons. The van der Waals surface area contributed by atoms with E-state index in [2.05, 4.69) is 24.8 Å². The highest BCUT2D eigenvalue weighted by molar-refractivity contribution is 7.99. The summed E-state index contributed by atoms with van der Waals surface area (Å²) in [6.45, 7) is 0. The zero-order valence-electron chi connectivity index (χ0n) is 14.6. The predicted molar refractivity (Wildman–Crippen MR) is 97.7 cm³/mol. The number of aromatic amines is 1. The first kappa shape index (κ1) is 20.2. The van der Waals surface area contributed by atoms with Crippen molar-refractivity contribution in [2.45, 2.75) is 11.6 Å². The van der Waals surface area contributed by atoms with E-state index in [1.54, 1.807) is 12.1 Å². The molecule has 2 rings (SSSR count). The monoisotopic (exact) mass is 391 g/mol. The van der Waals surface area contributed by atoms with Crippen molar-refractivity contribution in [3.63, 3.8) is 0 Å². The summed E-state index contributed by atoms with van der Waals surface area (Å²) in [7, 11) is 2.53. The molecule has 1 heterocycles. The molecule has 0 saturated carbocycles. The van der Waals surface area contributed by atoms with E-state index in [4.69, 9.17) is 0 Å². The fraction of sp³-hybridized carbons (Fsp3) is 0.235. The molecule has 0 bridgehead atoms. The molecule has 1 aromatic heterocycles. The number of H-pyrrole nitrogens is 1. The van der Waals surface area contributed by atoms with Gasteiger partial charge in [-0.3, -0.25) is 14.4 Å². The first-order chi connectivity index (χ1) is 12.9. The van der Waals surface area contributed by atoms with Gasteiger partial charge in [-0.25, -0.2) is 9.78 Å². The molecule has 10 heteroatoms. The molecular formula is C17H17N3O6S. The average molecular weight is 391 g/mol. The SMILES string of the molecule is COC(=O)Cc1cc(=O)[nH]c(SCC(=O)Nc2ccc(C(=O)OC)cc2)n1. The normalized spacial score (nSPS) is 10.1. The summed E-state index contributed by atoms with van der Waals surface area (Å²) in [5, 5.41) is 2.88. The van der Waals surface area contributed by atoms with Crippen LogP contribution in [0, 0.1) is 0 Å². The van der Waals surface area contributed by atoms with Crippen LogP contribution in [0.15, 0.2) is 40.3 Å². The number of esters is 2.